The third-order valence-corrected chi connectivity index (χ3v) is 8.38. The Morgan fingerprint density at radius 3 is 1.93 bits per heavy atom. The van der Waals surface area contributed by atoms with E-state index in [1.807, 2.05) is 22.7 Å². The number of nitrogens with zero attached hydrogens (tertiary/aromatic N) is 1. The maximum absolute atomic E-state index is 2.74. The minimum atomic E-state index is 0.817. The van der Waals surface area contributed by atoms with Crippen molar-refractivity contribution in [2.24, 2.45) is 11.8 Å². The van der Waals surface area contributed by atoms with E-state index < -0.39 is 0 Å². The highest BCUT2D eigenvalue weighted by atomic mass is 32.1. The summed E-state index contributed by atoms with van der Waals surface area (Å²) in [7, 11) is 0. The molecule has 0 fully saturated rings. The summed E-state index contributed by atoms with van der Waals surface area (Å²) in [6.45, 7) is 14.1. The minimum absolute atomic E-state index is 0.817. The van der Waals surface area contributed by atoms with E-state index in [9.17, 15) is 0 Å². The molecule has 0 spiro atoms. The van der Waals surface area contributed by atoms with Crippen LogP contribution in [0.3, 0.4) is 0 Å². The van der Waals surface area contributed by atoms with Gasteiger partial charge in [0.1, 0.15) is 0 Å². The van der Waals surface area contributed by atoms with Crippen LogP contribution in [0.4, 0.5) is 5.00 Å². The highest BCUT2D eigenvalue weighted by Gasteiger charge is 2.19. The van der Waals surface area contributed by atoms with Gasteiger partial charge >= 0.3 is 0 Å². The summed E-state index contributed by atoms with van der Waals surface area (Å²) in [5.74, 6) is 1.63. The van der Waals surface area contributed by atoms with Crippen molar-refractivity contribution in [3.63, 3.8) is 0 Å². The van der Waals surface area contributed by atoms with Gasteiger partial charge in [-0.05, 0) is 60.7 Å². The quantitative estimate of drug-likeness (QED) is 0.295. The molecule has 0 saturated heterocycles. The van der Waals surface area contributed by atoms with Gasteiger partial charge in [-0.1, -0.05) is 66.2 Å². The highest BCUT2D eigenvalue weighted by Crippen LogP contribution is 2.39. The number of unbranched alkanes of at least 4 members (excludes halogenated alkanes) is 2. The summed E-state index contributed by atoms with van der Waals surface area (Å²) in [6.07, 6.45) is 10.7. The smallest absolute Gasteiger partial charge is 0.0915 e. The molecular formula is C25H41NS2. The molecule has 2 atom stereocenters. The molecule has 0 saturated carbocycles. The van der Waals surface area contributed by atoms with Gasteiger partial charge in [0, 0.05) is 22.8 Å². The number of anilines is 1. The molecule has 1 nitrogen and oxygen atoms in total. The maximum Gasteiger partial charge on any atom is 0.0915 e. The normalized spacial score (nSPS) is 13.6. The predicted molar refractivity (Wildman–Crippen MR) is 131 cm³/mol. The average molecular weight is 420 g/mol. The summed E-state index contributed by atoms with van der Waals surface area (Å²) in [5, 5.41) is 3.70. The van der Waals surface area contributed by atoms with E-state index in [1.165, 1.54) is 84.8 Å². The monoisotopic (exact) mass is 419 g/mol. The Morgan fingerprint density at radius 1 is 0.857 bits per heavy atom. The molecule has 0 bridgehead atoms. The summed E-state index contributed by atoms with van der Waals surface area (Å²) < 4.78 is 0. The van der Waals surface area contributed by atoms with Crippen molar-refractivity contribution < 1.29 is 0 Å². The van der Waals surface area contributed by atoms with Crippen LogP contribution in [-0.4, -0.2) is 13.1 Å². The number of thiophene rings is 2. The fourth-order valence-electron chi connectivity index (χ4n) is 3.96. The second-order valence-electron chi connectivity index (χ2n) is 8.31. The maximum atomic E-state index is 2.74. The van der Waals surface area contributed by atoms with Crippen molar-refractivity contribution in [3.8, 4) is 9.75 Å². The highest BCUT2D eigenvalue weighted by molar-refractivity contribution is 7.23. The topological polar surface area (TPSA) is 3.24 Å². The molecule has 0 aliphatic rings. The minimum Gasteiger partial charge on any atom is -0.363 e. The summed E-state index contributed by atoms with van der Waals surface area (Å²) in [5.41, 5.74) is 1.41. The molecule has 2 aromatic heterocycles. The average Bonchev–Trinajstić information content (AvgIpc) is 3.35. The van der Waals surface area contributed by atoms with Crippen LogP contribution in [0.1, 0.15) is 84.6 Å². The zero-order valence-corrected chi connectivity index (χ0v) is 20.4. The van der Waals surface area contributed by atoms with E-state index in [-0.39, 0.29) is 0 Å². The molecule has 0 N–H and O–H groups in total. The Morgan fingerprint density at radius 2 is 1.46 bits per heavy atom. The van der Waals surface area contributed by atoms with Crippen LogP contribution in [-0.2, 0) is 0 Å². The van der Waals surface area contributed by atoms with Gasteiger partial charge in [-0.2, -0.15) is 0 Å². The number of aryl methyl sites for hydroxylation is 1. The van der Waals surface area contributed by atoms with Crippen molar-refractivity contribution in [2.75, 3.05) is 18.0 Å². The third-order valence-electron chi connectivity index (χ3n) is 6.03. The van der Waals surface area contributed by atoms with Crippen molar-refractivity contribution >= 4 is 27.7 Å². The predicted octanol–water partition coefficient (Wildman–Crippen LogP) is 9.02. The SMILES string of the molecule is CCCCC(CC)CN(CC(CC)CCCC)c1ccc(-c2sccc2C)s1. The van der Waals surface area contributed by atoms with Crippen molar-refractivity contribution in [2.45, 2.75) is 86.0 Å². The standard InChI is InChI=1S/C25H41NS2/c1-6-10-12-21(8-3)18-26(19-22(9-4)13-11-7-2)24-15-14-23(28-24)25-20(5)16-17-27-25/h14-17,21-22H,6-13,18-19H2,1-5H3. The van der Waals surface area contributed by atoms with Crippen LogP contribution in [0.2, 0.25) is 0 Å². The summed E-state index contributed by atoms with van der Waals surface area (Å²) in [4.78, 5) is 5.63. The Kier molecular flexibility index (Phi) is 10.6. The van der Waals surface area contributed by atoms with Crippen molar-refractivity contribution in [1.82, 2.24) is 0 Å². The lowest BCUT2D eigenvalue weighted by Gasteiger charge is -2.31. The zero-order valence-electron chi connectivity index (χ0n) is 18.8. The fraction of sp³-hybridized carbons (Fsp3) is 0.680. The molecule has 2 unspecified atom stereocenters. The molecule has 28 heavy (non-hydrogen) atoms. The van der Waals surface area contributed by atoms with E-state index >= 15 is 0 Å². The van der Waals surface area contributed by atoms with Crippen molar-refractivity contribution in [1.29, 1.82) is 0 Å². The summed E-state index contributed by atoms with van der Waals surface area (Å²) in [6, 6.07) is 6.98. The second kappa shape index (κ2) is 12.7. The molecule has 3 heteroatoms. The molecular weight excluding hydrogens is 378 g/mol. The lowest BCUT2D eigenvalue weighted by Crippen LogP contribution is -2.33. The molecule has 2 rings (SSSR count). The van der Waals surface area contributed by atoms with E-state index in [0.717, 1.165) is 11.8 Å². The first kappa shape index (κ1) is 23.5. The van der Waals surface area contributed by atoms with Crippen LogP contribution < -0.4 is 4.90 Å². The molecule has 0 radical (unpaired) electrons. The molecule has 0 amide bonds. The number of hydrogen-bond acceptors (Lipinski definition) is 3. The van der Waals surface area contributed by atoms with E-state index in [0.29, 0.717) is 0 Å². The first-order chi connectivity index (χ1) is 13.6. The third kappa shape index (κ3) is 6.91. The van der Waals surface area contributed by atoms with Crippen LogP contribution in [0.15, 0.2) is 23.6 Å². The molecule has 0 aromatic carbocycles. The lowest BCUT2D eigenvalue weighted by molar-refractivity contribution is 0.404. The van der Waals surface area contributed by atoms with E-state index in [1.54, 1.807) is 0 Å². The molecule has 158 valence electrons. The van der Waals surface area contributed by atoms with Crippen LogP contribution >= 0.6 is 22.7 Å². The molecule has 0 aliphatic heterocycles. The molecule has 2 aromatic rings. The van der Waals surface area contributed by atoms with Gasteiger partial charge in [-0.3, -0.25) is 0 Å². The fourth-order valence-corrected chi connectivity index (χ4v) is 6.10. The first-order valence-electron chi connectivity index (χ1n) is 11.5. The van der Waals surface area contributed by atoms with Gasteiger partial charge in [-0.15, -0.1) is 22.7 Å². The van der Waals surface area contributed by atoms with Gasteiger partial charge in [0.15, 0.2) is 0 Å². The van der Waals surface area contributed by atoms with Gasteiger partial charge in [0.2, 0.25) is 0 Å². The van der Waals surface area contributed by atoms with Crippen LogP contribution in [0.25, 0.3) is 9.75 Å². The first-order valence-corrected chi connectivity index (χ1v) is 13.2. The number of rotatable bonds is 14. The van der Waals surface area contributed by atoms with Gasteiger partial charge in [-0.25, -0.2) is 0 Å². The van der Waals surface area contributed by atoms with Crippen molar-refractivity contribution in [3.05, 3.63) is 29.1 Å². The van der Waals surface area contributed by atoms with Crippen LogP contribution in [0, 0.1) is 18.8 Å². The molecule has 2 heterocycles. The molecule has 0 aliphatic carbocycles. The van der Waals surface area contributed by atoms with Gasteiger partial charge in [0.25, 0.3) is 0 Å². The largest absolute Gasteiger partial charge is 0.363 e. The van der Waals surface area contributed by atoms with Gasteiger partial charge in [0.05, 0.1) is 5.00 Å². The Balaban J connectivity index is 2.19. The Bertz CT molecular complexity index is 639. The lowest BCUT2D eigenvalue weighted by atomic mass is 9.96. The zero-order chi connectivity index (χ0) is 20.4. The number of hydrogen-bond donors (Lipinski definition) is 0. The van der Waals surface area contributed by atoms with Gasteiger partial charge < -0.3 is 4.90 Å². The van der Waals surface area contributed by atoms with E-state index in [2.05, 4.69) is 63.1 Å². The van der Waals surface area contributed by atoms with E-state index in [4.69, 9.17) is 0 Å². The summed E-state index contributed by atoms with van der Waals surface area (Å²) >= 11 is 3.88. The van der Waals surface area contributed by atoms with Crippen LogP contribution in [0.5, 0.6) is 0 Å². The Hall–Kier alpha value is -0.800. The second-order valence-corrected chi connectivity index (χ2v) is 10.3. The Labute approximate surface area is 182 Å².